The molecule has 2 fully saturated rings. The number of aliphatic hydroxyl groups excluding tert-OH is 1. The number of fused-ring (bicyclic) bond motifs is 1. The van der Waals surface area contributed by atoms with Gasteiger partial charge in [0.15, 0.2) is 0 Å². The number of carboxylic acids is 1. The van der Waals surface area contributed by atoms with Crippen molar-refractivity contribution in [2.75, 3.05) is 13.2 Å². The first-order chi connectivity index (χ1) is 10.0. The molecular formula is C14H28BN2O5. The molecule has 1 radical (unpaired) electrons. The lowest BCUT2D eigenvalue weighted by molar-refractivity contribution is -0.145. The van der Waals surface area contributed by atoms with Gasteiger partial charge in [-0.1, -0.05) is 12.7 Å². The van der Waals surface area contributed by atoms with Crippen LogP contribution in [0.5, 0.6) is 0 Å². The van der Waals surface area contributed by atoms with Crippen LogP contribution in [0.15, 0.2) is 0 Å². The summed E-state index contributed by atoms with van der Waals surface area (Å²) in [4.78, 5) is 11.6. The number of rotatable bonds is 8. The molecule has 2 aliphatic rings. The number of carboxylic acid groups (broad SMARTS) is 1. The van der Waals surface area contributed by atoms with Crippen molar-refractivity contribution in [3.63, 3.8) is 0 Å². The molecule has 0 aromatic rings. The van der Waals surface area contributed by atoms with Crippen molar-refractivity contribution >= 4 is 13.5 Å². The zero-order chi connectivity index (χ0) is 15.5. The van der Waals surface area contributed by atoms with E-state index >= 15 is 0 Å². The topological polar surface area (TPSA) is 147 Å². The minimum absolute atomic E-state index is 0. The van der Waals surface area contributed by atoms with Gasteiger partial charge >= 0.3 is 5.97 Å². The van der Waals surface area contributed by atoms with Crippen molar-refractivity contribution in [2.24, 2.45) is 23.5 Å². The predicted octanol–water partition coefficient (Wildman–Crippen LogP) is -1.25. The van der Waals surface area contributed by atoms with Gasteiger partial charge in [-0.3, -0.25) is 4.79 Å². The van der Waals surface area contributed by atoms with Crippen LogP contribution < -0.4 is 11.1 Å². The van der Waals surface area contributed by atoms with E-state index in [1.807, 2.05) is 0 Å². The fourth-order valence-electron chi connectivity index (χ4n) is 4.43. The highest BCUT2D eigenvalue weighted by Gasteiger charge is 2.57. The first-order valence-corrected chi connectivity index (χ1v) is 7.85. The Morgan fingerprint density at radius 2 is 2.14 bits per heavy atom. The van der Waals surface area contributed by atoms with E-state index in [0.717, 1.165) is 33.2 Å². The molecule has 8 N–H and O–H groups in total. The Bertz CT molecular complexity index is 373. The lowest BCUT2D eigenvalue weighted by Gasteiger charge is -2.31. The maximum absolute atomic E-state index is 11.6. The van der Waals surface area contributed by atoms with Gasteiger partial charge in [0.1, 0.15) is 5.54 Å². The second-order valence-electron chi connectivity index (χ2n) is 6.54. The molecule has 0 bridgehead atoms. The lowest BCUT2D eigenvalue weighted by atomic mass is 9.77. The van der Waals surface area contributed by atoms with E-state index in [0.29, 0.717) is 37.2 Å². The fraction of sp³-hybridized carbons (Fsp3) is 0.929. The third-order valence-electron chi connectivity index (χ3n) is 5.32. The molecule has 8 heteroatoms. The Balaban J connectivity index is 0.00000242. The number of hydrogen-bond donors (Lipinski definition) is 5. The summed E-state index contributed by atoms with van der Waals surface area (Å²) in [6.45, 7) is 0.707. The molecule has 0 aromatic heterocycles. The summed E-state index contributed by atoms with van der Waals surface area (Å²) in [6, 6.07) is 0.359. The molecule has 22 heavy (non-hydrogen) atoms. The van der Waals surface area contributed by atoms with E-state index in [1.165, 1.54) is 0 Å². The lowest BCUT2D eigenvalue weighted by Crippen LogP contribution is -2.52. The second kappa shape index (κ2) is 8.26. The molecule has 2 rings (SSSR count). The average molecular weight is 315 g/mol. The standard InChI is InChI=1S/C14H26BN2O4.H2O/c16-14(13(19)20)8-9-6-10(17-4-5-18)7-11(9)12(14)2-1-3-15-21;/h9-12,17-18,21H,1-8,16H2,(H,19,20);1H2/t9-,10-,11-,12+,14+;/m1./s1. The summed E-state index contributed by atoms with van der Waals surface area (Å²) in [5.74, 6) is -0.234. The molecule has 0 amide bonds. The van der Waals surface area contributed by atoms with Crippen molar-refractivity contribution in [3.05, 3.63) is 0 Å². The molecule has 2 saturated carbocycles. The number of aliphatic hydroxyl groups is 1. The van der Waals surface area contributed by atoms with E-state index in [-0.39, 0.29) is 18.0 Å². The molecule has 0 spiro atoms. The second-order valence-corrected chi connectivity index (χ2v) is 6.54. The number of nitrogens with one attached hydrogen (secondary N) is 1. The Morgan fingerprint density at radius 3 is 2.73 bits per heavy atom. The molecule has 0 unspecified atom stereocenters. The molecule has 0 aromatic carbocycles. The highest BCUT2D eigenvalue weighted by Crippen LogP contribution is 2.53. The first kappa shape index (κ1) is 19.4. The van der Waals surface area contributed by atoms with Crippen LogP contribution in [0.2, 0.25) is 6.32 Å². The van der Waals surface area contributed by atoms with Gasteiger partial charge in [0.05, 0.1) is 6.61 Å². The summed E-state index contributed by atoms with van der Waals surface area (Å²) in [5.41, 5.74) is 5.11. The summed E-state index contributed by atoms with van der Waals surface area (Å²) in [6.07, 6.45) is 4.51. The largest absolute Gasteiger partial charge is 0.480 e. The maximum atomic E-state index is 11.6. The van der Waals surface area contributed by atoms with E-state index in [4.69, 9.17) is 15.9 Å². The number of carbonyl (C=O) groups is 1. The Kier molecular flexibility index (Phi) is 7.28. The smallest absolute Gasteiger partial charge is 0.323 e. The van der Waals surface area contributed by atoms with Gasteiger partial charge in [-0.25, -0.2) is 0 Å². The van der Waals surface area contributed by atoms with Gasteiger partial charge < -0.3 is 31.8 Å². The minimum atomic E-state index is -1.12. The van der Waals surface area contributed by atoms with Gasteiger partial charge in [-0.2, -0.15) is 0 Å². The summed E-state index contributed by atoms with van der Waals surface area (Å²) in [5, 5.41) is 30.5. The number of aliphatic carboxylic acids is 1. The molecule has 0 heterocycles. The summed E-state index contributed by atoms with van der Waals surface area (Å²) in [7, 11) is 1.13. The molecule has 0 aliphatic heterocycles. The zero-order valence-corrected chi connectivity index (χ0v) is 12.9. The maximum Gasteiger partial charge on any atom is 0.323 e. The number of hydrogen-bond acceptors (Lipinski definition) is 5. The highest BCUT2D eigenvalue weighted by molar-refractivity contribution is 6.25. The van der Waals surface area contributed by atoms with Crippen molar-refractivity contribution < 1.29 is 25.5 Å². The van der Waals surface area contributed by atoms with E-state index < -0.39 is 11.5 Å². The van der Waals surface area contributed by atoms with Crippen molar-refractivity contribution in [1.29, 1.82) is 0 Å². The van der Waals surface area contributed by atoms with E-state index in [1.54, 1.807) is 0 Å². The zero-order valence-electron chi connectivity index (χ0n) is 12.9. The Hall–Kier alpha value is -0.665. The molecule has 127 valence electrons. The van der Waals surface area contributed by atoms with Crippen LogP contribution in [0.4, 0.5) is 0 Å². The van der Waals surface area contributed by atoms with Crippen LogP contribution in [0, 0.1) is 17.8 Å². The van der Waals surface area contributed by atoms with E-state index in [9.17, 15) is 9.90 Å². The van der Waals surface area contributed by atoms with Crippen molar-refractivity contribution in [3.8, 4) is 0 Å². The molecular weight excluding hydrogens is 287 g/mol. The average Bonchev–Trinajstić information content (AvgIpc) is 2.93. The van der Waals surface area contributed by atoms with Crippen LogP contribution in [-0.2, 0) is 4.79 Å². The molecule has 5 atom stereocenters. The predicted molar refractivity (Wildman–Crippen MR) is 83.4 cm³/mol. The first-order valence-electron chi connectivity index (χ1n) is 7.85. The van der Waals surface area contributed by atoms with Gasteiger partial charge in [-0.05, 0) is 43.4 Å². The Morgan fingerprint density at radius 1 is 1.41 bits per heavy atom. The van der Waals surface area contributed by atoms with Crippen molar-refractivity contribution in [2.45, 2.75) is 50.0 Å². The van der Waals surface area contributed by atoms with Gasteiger partial charge in [-0.15, -0.1) is 0 Å². The van der Waals surface area contributed by atoms with Crippen LogP contribution in [-0.4, -0.2) is 58.9 Å². The van der Waals surface area contributed by atoms with Crippen LogP contribution in [0.3, 0.4) is 0 Å². The van der Waals surface area contributed by atoms with Gasteiger partial charge in [0.25, 0.3) is 7.48 Å². The molecule has 0 saturated heterocycles. The number of nitrogens with two attached hydrogens (primary N) is 1. The van der Waals surface area contributed by atoms with Gasteiger partial charge in [0.2, 0.25) is 0 Å². The third kappa shape index (κ3) is 3.80. The molecule has 7 nitrogen and oxygen atoms in total. The summed E-state index contributed by atoms with van der Waals surface area (Å²) >= 11 is 0. The third-order valence-corrected chi connectivity index (χ3v) is 5.32. The van der Waals surface area contributed by atoms with E-state index in [2.05, 4.69) is 5.32 Å². The van der Waals surface area contributed by atoms with Gasteiger partial charge in [0, 0.05) is 12.6 Å². The van der Waals surface area contributed by atoms with Crippen LogP contribution >= 0.6 is 0 Å². The SMILES string of the molecule is N[C@@]1(C(=O)O)C[C@H]2C[C@@H](NCCO)C[C@H]2[C@@H]1CCC[B]O.O. The van der Waals surface area contributed by atoms with Crippen molar-refractivity contribution in [1.82, 2.24) is 5.32 Å². The van der Waals surface area contributed by atoms with Crippen LogP contribution in [0.25, 0.3) is 0 Å². The fourth-order valence-corrected chi connectivity index (χ4v) is 4.43. The summed E-state index contributed by atoms with van der Waals surface area (Å²) < 4.78 is 0. The normalized spacial score (nSPS) is 36.7. The monoisotopic (exact) mass is 315 g/mol. The molecule has 2 aliphatic carbocycles. The quantitative estimate of drug-likeness (QED) is 0.279. The Labute approximate surface area is 131 Å². The minimum Gasteiger partial charge on any atom is -0.480 e. The van der Waals surface area contributed by atoms with Crippen LogP contribution in [0.1, 0.15) is 32.1 Å². The highest BCUT2D eigenvalue weighted by atomic mass is 16.4.